The quantitative estimate of drug-likeness (QED) is 0.861. The first-order valence-electron chi connectivity index (χ1n) is 5.88. The van der Waals surface area contributed by atoms with E-state index in [2.05, 4.69) is 15.4 Å². The number of aromatic nitrogens is 3. The van der Waals surface area contributed by atoms with Gasteiger partial charge in [-0.05, 0) is 17.7 Å². The van der Waals surface area contributed by atoms with Crippen LogP contribution < -0.4 is 5.32 Å². The maximum atomic E-state index is 11.3. The molecule has 0 saturated heterocycles. The van der Waals surface area contributed by atoms with Crippen molar-refractivity contribution in [1.82, 2.24) is 20.1 Å². The van der Waals surface area contributed by atoms with Crippen LogP contribution in [0.4, 0.5) is 0 Å². The summed E-state index contributed by atoms with van der Waals surface area (Å²) in [6, 6.07) is 3.90. The van der Waals surface area contributed by atoms with Gasteiger partial charge in [-0.3, -0.25) is 14.5 Å². The molecule has 0 fully saturated rings. The summed E-state index contributed by atoms with van der Waals surface area (Å²) in [6.07, 6.45) is 5.24. The summed E-state index contributed by atoms with van der Waals surface area (Å²) in [7, 11) is 3.37. The third-order valence-corrected chi connectivity index (χ3v) is 2.68. The fourth-order valence-electron chi connectivity index (χ4n) is 1.76. The van der Waals surface area contributed by atoms with Gasteiger partial charge in [-0.1, -0.05) is 0 Å². The van der Waals surface area contributed by atoms with Crippen molar-refractivity contribution < 1.29 is 9.53 Å². The number of pyridine rings is 1. The largest absolute Gasteiger partial charge is 0.375 e. The van der Waals surface area contributed by atoms with Crippen molar-refractivity contribution in [1.29, 1.82) is 0 Å². The fraction of sp³-hybridized carbons (Fsp3) is 0.308. The SMILES string of the molecule is COCC(=O)NCc1cncc(-c2ccnn2C)c1. The zero-order chi connectivity index (χ0) is 13.7. The van der Waals surface area contributed by atoms with Crippen molar-refractivity contribution in [2.75, 3.05) is 13.7 Å². The van der Waals surface area contributed by atoms with Crippen molar-refractivity contribution in [3.05, 3.63) is 36.3 Å². The number of ether oxygens (including phenoxy) is 1. The molecule has 19 heavy (non-hydrogen) atoms. The average molecular weight is 260 g/mol. The van der Waals surface area contributed by atoms with Crippen LogP contribution in [0.3, 0.4) is 0 Å². The van der Waals surface area contributed by atoms with Crippen molar-refractivity contribution in [2.24, 2.45) is 7.05 Å². The molecule has 0 aliphatic heterocycles. The molecule has 100 valence electrons. The lowest BCUT2D eigenvalue weighted by atomic mass is 10.1. The number of carbonyl (C=O) groups excluding carboxylic acids is 1. The molecule has 0 spiro atoms. The summed E-state index contributed by atoms with van der Waals surface area (Å²) >= 11 is 0. The Morgan fingerprint density at radius 3 is 3.00 bits per heavy atom. The summed E-state index contributed by atoms with van der Waals surface area (Å²) in [5.41, 5.74) is 2.89. The van der Waals surface area contributed by atoms with Gasteiger partial charge in [0.15, 0.2) is 0 Å². The van der Waals surface area contributed by atoms with Gasteiger partial charge in [0, 0.05) is 44.9 Å². The summed E-state index contributed by atoms with van der Waals surface area (Å²) in [5.74, 6) is -0.145. The van der Waals surface area contributed by atoms with Crippen molar-refractivity contribution in [3.8, 4) is 11.3 Å². The second-order valence-electron chi connectivity index (χ2n) is 4.13. The topological polar surface area (TPSA) is 69.0 Å². The lowest BCUT2D eigenvalue weighted by molar-refractivity contribution is -0.124. The smallest absolute Gasteiger partial charge is 0.246 e. The molecular weight excluding hydrogens is 244 g/mol. The summed E-state index contributed by atoms with van der Waals surface area (Å²) in [6.45, 7) is 0.496. The van der Waals surface area contributed by atoms with E-state index in [1.807, 2.05) is 19.2 Å². The van der Waals surface area contributed by atoms with E-state index < -0.39 is 0 Å². The predicted molar refractivity (Wildman–Crippen MR) is 70.2 cm³/mol. The number of carbonyl (C=O) groups is 1. The Bertz CT molecular complexity index is 565. The third kappa shape index (κ3) is 3.38. The van der Waals surface area contributed by atoms with Gasteiger partial charge in [0.05, 0.1) is 5.69 Å². The second-order valence-corrected chi connectivity index (χ2v) is 4.13. The highest BCUT2D eigenvalue weighted by Crippen LogP contribution is 2.17. The number of amides is 1. The van der Waals surface area contributed by atoms with Crippen molar-refractivity contribution in [2.45, 2.75) is 6.54 Å². The van der Waals surface area contributed by atoms with Crippen molar-refractivity contribution >= 4 is 5.91 Å². The fourth-order valence-corrected chi connectivity index (χ4v) is 1.76. The molecule has 0 bridgehead atoms. The number of hydrogen-bond donors (Lipinski definition) is 1. The number of rotatable bonds is 5. The van der Waals surface area contributed by atoms with Gasteiger partial charge in [0.2, 0.25) is 5.91 Å². The molecule has 2 rings (SSSR count). The molecule has 6 nitrogen and oxygen atoms in total. The van der Waals surface area contributed by atoms with Gasteiger partial charge >= 0.3 is 0 Å². The van der Waals surface area contributed by atoms with Gasteiger partial charge in [-0.15, -0.1) is 0 Å². The van der Waals surface area contributed by atoms with E-state index in [1.54, 1.807) is 23.3 Å². The van der Waals surface area contributed by atoms with E-state index in [4.69, 9.17) is 4.74 Å². The minimum Gasteiger partial charge on any atom is -0.375 e. The Hall–Kier alpha value is -2.21. The number of hydrogen-bond acceptors (Lipinski definition) is 4. The number of aryl methyl sites for hydroxylation is 1. The van der Waals surface area contributed by atoms with Crippen LogP contribution in [0, 0.1) is 0 Å². The van der Waals surface area contributed by atoms with Gasteiger partial charge in [-0.25, -0.2) is 0 Å². The Kier molecular flexibility index (Phi) is 4.25. The van der Waals surface area contributed by atoms with Crippen LogP contribution in [0.1, 0.15) is 5.56 Å². The Morgan fingerprint density at radius 2 is 2.32 bits per heavy atom. The highest BCUT2D eigenvalue weighted by atomic mass is 16.5. The van der Waals surface area contributed by atoms with E-state index in [0.717, 1.165) is 16.8 Å². The maximum Gasteiger partial charge on any atom is 0.246 e. The highest BCUT2D eigenvalue weighted by Gasteiger charge is 2.05. The minimum absolute atomic E-state index is 0.0643. The Morgan fingerprint density at radius 1 is 1.47 bits per heavy atom. The molecule has 0 aliphatic carbocycles. The van der Waals surface area contributed by atoms with Crippen LogP contribution in [0.5, 0.6) is 0 Å². The van der Waals surface area contributed by atoms with Gasteiger partial charge in [0.25, 0.3) is 0 Å². The first kappa shape index (κ1) is 13.2. The molecule has 0 radical (unpaired) electrons. The van der Waals surface area contributed by atoms with Crippen LogP contribution in [0.15, 0.2) is 30.7 Å². The van der Waals surface area contributed by atoms with E-state index in [0.29, 0.717) is 6.54 Å². The van der Waals surface area contributed by atoms with Crippen LogP contribution in [0.2, 0.25) is 0 Å². The molecule has 2 aromatic heterocycles. The van der Waals surface area contributed by atoms with E-state index >= 15 is 0 Å². The number of nitrogens with zero attached hydrogens (tertiary/aromatic N) is 3. The zero-order valence-electron chi connectivity index (χ0n) is 11.0. The van der Waals surface area contributed by atoms with E-state index in [1.165, 1.54) is 7.11 Å². The molecule has 0 aliphatic rings. The first-order chi connectivity index (χ1) is 9.20. The molecule has 0 aromatic carbocycles. The molecule has 6 heteroatoms. The molecule has 0 unspecified atom stereocenters. The van der Waals surface area contributed by atoms with Crippen LogP contribution in [-0.4, -0.2) is 34.4 Å². The predicted octanol–water partition coefficient (Wildman–Crippen LogP) is 0.745. The van der Waals surface area contributed by atoms with Gasteiger partial charge in [0.1, 0.15) is 6.61 Å². The summed E-state index contributed by atoms with van der Waals surface area (Å²) < 4.78 is 6.53. The molecule has 0 saturated carbocycles. The molecule has 2 aromatic rings. The Labute approximate surface area is 111 Å². The average Bonchev–Trinajstić information content (AvgIpc) is 2.83. The van der Waals surface area contributed by atoms with Crippen LogP contribution in [0.25, 0.3) is 11.3 Å². The normalized spacial score (nSPS) is 10.4. The summed E-state index contributed by atoms with van der Waals surface area (Å²) in [5, 5.41) is 6.88. The minimum atomic E-state index is -0.145. The molecule has 2 heterocycles. The summed E-state index contributed by atoms with van der Waals surface area (Å²) in [4.78, 5) is 15.5. The van der Waals surface area contributed by atoms with E-state index in [9.17, 15) is 4.79 Å². The lowest BCUT2D eigenvalue weighted by Gasteiger charge is -2.07. The van der Waals surface area contributed by atoms with E-state index in [-0.39, 0.29) is 12.5 Å². The van der Waals surface area contributed by atoms with Gasteiger partial charge < -0.3 is 10.1 Å². The third-order valence-electron chi connectivity index (χ3n) is 2.68. The van der Waals surface area contributed by atoms with Crippen LogP contribution >= 0.6 is 0 Å². The molecule has 1 N–H and O–H groups in total. The highest BCUT2D eigenvalue weighted by molar-refractivity contribution is 5.77. The van der Waals surface area contributed by atoms with Crippen LogP contribution in [-0.2, 0) is 23.1 Å². The standard InChI is InChI=1S/C13H16N4O2/c1-17-12(3-4-16-17)11-5-10(6-14-8-11)7-15-13(18)9-19-2/h3-6,8H,7,9H2,1-2H3,(H,15,18). The Balaban J connectivity index is 2.08. The maximum absolute atomic E-state index is 11.3. The second kappa shape index (κ2) is 6.10. The zero-order valence-corrected chi connectivity index (χ0v) is 11.0. The molecular formula is C13H16N4O2. The number of methoxy groups -OCH3 is 1. The first-order valence-corrected chi connectivity index (χ1v) is 5.88. The molecule has 1 amide bonds. The number of nitrogens with one attached hydrogen (secondary N) is 1. The lowest BCUT2D eigenvalue weighted by Crippen LogP contribution is -2.26. The van der Waals surface area contributed by atoms with Crippen molar-refractivity contribution in [3.63, 3.8) is 0 Å². The molecule has 0 atom stereocenters. The monoisotopic (exact) mass is 260 g/mol. The van der Waals surface area contributed by atoms with Gasteiger partial charge in [-0.2, -0.15) is 5.10 Å².